The van der Waals surface area contributed by atoms with Gasteiger partial charge in [-0.1, -0.05) is 42.5 Å². The van der Waals surface area contributed by atoms with E-state index in [2.05, 4.69) is 81.1 Å². The van der Waals surface area contributed by atoms with E-state index >= 15 is 0 Å². The summed E-state index contributed by atoms with van der Waals surface area (Å²) in [4.78, 5) is 9.86. The lowest BCUT2D eigenvalue weighted by Gasteiger charge is -2.36. The van der Waals surface area contributed by atoms with E-state index in [1.165, 1.54) is 16.8 Å². The van der Waals surface area contributed by atoms with Gasteiger partial charge in [0, 0.05) is 31.9 Å². The van der Waals surface area contributed by atoms with Crippen molar-refractivity contribution in [3.8, 4) is 5.75 Å². The van der Waals surface area contributed by atoms with E-state index < -0.39 is 0 Å². The monoisotopic (exact) mass is 398 g/mol. The zero-order valence-corrected chi connectivity index (χ0v) is 17.2. The number of ether oxygens (including phenoxy) is 1. The lowest BCUT2D eigenvalue weighted by atomic mass is 10.2. The van der Waals surface area contributed by atoms with Gasteiger partial charge in [0.15, 0.2) is 0 Å². The van der Waals surface area contributed by atoms with Crippen molar-refractivity contribution in [2.24, 2.45) is 0 Å². The van der Waals surface area contributed by atoms with E-state index in [0.29, 0.717) is 0 Å². The van der Waals surface area contributed by atoms with Crippen molar-refractivity contribution >= 4 is 22.7 Å². The lowest BCUT2D eigenvalue weighted by Crippen LogP contribution is -2.47. The van der Waals surface area contributed by atoms with Crippen LogP contribution in [0.1, 0.15) is 5.56 Å². The minimum atomic E-state index is 0.829. The van der Waals surface area contributed by atoms with Crippen LogP contribution < -0.4 is 14.5 Å². The van der Waals surface area contributed by atoms with Crippen molar-refractivity contribution in [2.45, 2.75) is 6.54 Å². The molecule has 5 rings (SSSR count). The highest BCUT2D eigenvalue weighted by Crippen LogP contribution is 2.26. The Bertz CT molecular complexity index is 1110. The quantitative estimate of drug-likeness (QED) is 0.498. The predicted molar refractivity (Wildman–Crippen MR) is 123 cm³/mol. The normalized spacial score (nSPS) is 14.3. The average molecular weight is 399 g/mol. The maximum atomic E-state index is 5.28. The van der Waals surface area contributed by atoms with E-state index in [4.69, 9.17) is 9.72 Å². The van der Waals surface area contributed by atoms with Gasteiger partial charge in [-0.25, -0.2) is 4.98 Å². The third-order valence-corrected chi connectivity index (χ3v) is 5.82. The Kier molecular flexibility index (Phi) is 5.01. The summed E-state index contributed by atoms with van der Waals surface area (Å²) in [5.41, 5.74) is 4.78. The number of para-hydroxylation sites is 2. The molecule has 0 atom stereocenters. The highest BCUT2D eigenvalue weighted by molar-refractivity contribution is 5.79. The number of rotatable bonds is 5. The second-order valence-electron chi connectivity index (χ2n) is 7.64. The van der Waals surface area contributed by atoms with Crippen molar-refractivity contribution < 1.29 is 4.74 Å². The molecule has 1 fully saturated rings. The molecule has 0 spiro atoms. The molecular formula is C25H26N4O. The van der Waals surface area contributed by atoms with Crippen molar-refractivity contribution in [2.75, 3.05) is 43.1 Å². The number of hydrogen-bond acceptors (Lipinski definition) is 4. The van der Waals surface area contributed by atoms with Gasteiger partial charge < -0.3 is 19.1 Å². The molecular weight excluding hydrogens is 372 g/mol. The third kappa shape index (κ3) is 3.59. The summed E-state index contributed by atoms with van der Waals surface area (Å²) in [6.07, 6.45) is 0. The number of anilines is 2. The number of nitrogens with zero attached hydrogens (tertiary/aromatic N) is 4. The molecule has 3 aromatic carbocycles. The van der Waals surface area contributed by atoms with Crippen LogP contribution in [0.3, 0.4) is 0 Å². The summed E-state index contributed by atoms with van der Waals surface area (Å²) in [5.74, 6) is 1.96. The maximum absolute atomic E-state index is 5.28. The first-order chi connectivity index (χ1) is 14.8. The van der Waals surface area contributed by atoms with Crippen LogP contribution in [0.5, 0.6) is 5.75 Å². The van der Waals surface area contributed by atoms with Gasteiger partial charge in [-0.05, 0) is 42.0 Å². The van der Waals surface area contributed by atoms with Crippen LogP contribution in [-0.2, 0) is 6.54 Å². The second kappa shape index (κ2) is 8.11. The van der Waals surface area contributed by atoms with E-state index in [0.717, 1.165) is 49.9 Å². The molecule has 30 heavy (non-hydrogen) atoms. The Hall–Kier alpha value is -3.47. The van der Waals surface area contributed by atoms with Crippen molar-refractivity contribution in [3.05, 3.63) is 84.4 Å². The maximum Gasteiger partial charge on any atom is 0.206 e. The number of hydrogen-bond donors (Lipinski definition) is 0. The van der Waals surface area contributed by atoms with Gasteiger partial charge >= 0.3 is 0 Å². The van der Waals surface area contributed by atoms with Gasteiger partial charge in [0.05, 0.1) is 24.7 Å². The Morgan fingerprint density at radius 2 is 1.43 bits per heavy atom. The van der Waals surface area contributed by atoms with Gasteiger partial charge in [0.2, 0.25) is 5.95 Å². The van der Waals surface area contributed by atoms with Gasteiger partial charge in [-0.2, -0.15) is 0 Å². The van der Waals surface area contributed by atoms with Crippen LogP contribution in [0.4, 0.5) is 11.6 Å². The van der Waals surface area contributed by atoms with E-state index in [1.807, 2.05) is 12.1 Å². The molecule has 0 aliphatic carbocycles. The number of methoxy groups -OCH3 is 1. The first-order valence-corrected chi connectivity index (χ1v) is 10.4. The average Bonchev–Trinajstić information content (AvgIpc) is 3.18. The molecule has 0 saturated carbocycles. The fourth-order valence-corrected chi connectivity index (χ4v) is 4.18. The number of fused-ring (bicyclic) bond motifs is 1. The Morgan fingerprint density at radius 3 is 2.17 bits per heavy atom. The molecule has 0 bridgehead atoms. The Balaban J connectivity index is 1.39. The van der Waals surface area contributed by atoms with Crippen LogP contribution in [0, 0.1) is 0 Å². The second-order valence-corrected chi connectivity index (χ2v) is 7.64. The lowest BCUT2D eigenvalue weighted by molar-refractivity contribution is 0.415. The highest BCUT2D eigenvalue weighted by Gasteiger charge is 2.22. The van der Waals surface area contributed by atoms with Gasteiger partial charge in [-0.15, -0.1) is 0 Å². The zero-order chi connectivity index (χ0) is 20.3. The van der Waals surface area contributed by atoms with Crippen LogP contribution >= 0.6 is 0 Å². The molecule has 5 heteroatoms. The number of aromatic nitrogens is 2. The SMILES string of the molecule is COc1ccc(N2CCN(c3nc4ccccc4n3Cc3ccccc3)CC2)cc1. The minimum Gasteiger partial charge on any atom is -0.497 e. The fraction of sp³-hybridized carbons (Fsp3) is 0.240. The van der Waals surface area contributed by atoms with Gasteiger partial charge in [0.1, 0.15) is 5.75 Å². The summed E-state index contributed by atoms with van der Waals surface area (Å²) >= 11 is 0. The van der Waals surface area contributed by atoms with Gasteiger partial charge in [-0.3, -0.25) is 0 Å². The first-order valence-electron chi connectivity index (χ1n) is 10.4. The van der Waals surface area contributed by atoms with Crippen LogP contribution in [0.25, 0.3) is 11.0 Å². The molecule has 0 N–H and O–H groups in total. The van der Waals surface area contributed by atoms with E-state index in [1.54, 1.807) is 7.11 Å². The number of benzene rings is 3. The molecule has 4 aromatic rings. The zero-order valence-electron chi connectivity index (χ0n) is 17.2. The molecule has 0 radical (unpaired) electrons. The number of piperazine rings is 1. The standard InChI is InChI=1S/C25H26N4O/c1-30-22-13-11-21(12-14-22)27-15-17-28(18-16-27)25-26-23-9-5-6-10-24(23)29(25)19-20-7-3-2-4-8-20/h2-14H,15-19H2,1H3. The van der Waals surface area contributed by atoms with Crippen molar-refractivity contribution in [1.29, 1.82) is 0 Å². The summed E-state index contributed by atoms with van der Waals surface area (Å²) in [5, 5.41) is 0. The van der Waals surface area contributed by atoms with E-state index in [-0.39, 0.29) is 0 Å². The molecule has 0 unspecified atom stereocenters. The Labute approximate surface area is 177 Å². The molecule has 1 aliphatic heterocycles. The van der Waals surface area contributed by atoms with Crippen LogP contribution in [0.15, 0.2) is 78.9 Å². The topological polar surface area (TPSA) is 33.5 Å². The van der Waals surface area contributed by atoms with Gasteiger partial charge in [0.25, 0.3) is 0 Å². The molecule has 1 aliphatic rings. The fourth-order valence-electron chi connectivity index (χ4n) is 4.18. The Morgan fingerprint density at radius 1 is 0.767 bits per heavy atom. The van der Waals surface area contributed by atoms with Crippen molar-refractivity contribution in [3.63, 3.8) is 0 Å². The molecule has 1 aromatic heterocycles. The summed E-state index contributed by atoms with van der Waals surface area (Å²) in [7, 11) is 1.70. The highest BCUT2D eigenvalue weighted by atomic mass is 16.5. The van der Waals surface area contributed by atoms with E-state index in [9.17, 15) is 0 Å². The smallest absolute Gasteiger partial charge is 0.206 e. The van der Waals surface area contributed by atoms with Crippen molar-refractivity contribution in [1.82, 2.24) is 9.55 Å². The molecule has 1 saturated heterocycles. The minimum absolute atomic E-state index is 0.829. The van der Waals surface area contributed by atoms with Crippen LogP contribution in [-0.4, -0.2) is 42.8 Å². The molecule has 2 heterocycles. The summed E-state index contributed by atoms with van der Waals surface area (Å²) in [6, 6.07) is 27.4. The molecule has 5 nitrogen and oxygen atoms in total. The summed E-state index contributed by atoms with van der Waals surface area (Å²) in [6.45, 7) is 4.67. The largest absolute Gasteiger partial charge is 0.497 e. The predicted octanol–water partition coefficient (Wildman–Crippen LogP) is 4.42. The molecule has 152 valence electrons. The first kappa shape index (κ1) is 18.6. The van der Waals surface area contributed by atoms with Crippen LogP contribution in [0.2, 0.25) is 0 Å². The summed E-state index contributed by atoms with van der Waals surface area (Å²) < 4.78 is 7.64. The molecule has 0 amide bonds. The third-order valence-electron chi connectivity index (χ3n) is 5.82. The number of imidazole rings is 1.